The molecular formula is C12H15BrN2O3. The van der Waals surface area contributed by atoms with Gasteiger partial charge in [-0.1, -0.05) is 15.9 Å². The van der Waals surface area contributed by atoms with Crippen LogP contribution in [-0.2, 0) is 4.74 Å². The minimum absolute atomic E-state index is 0.0956. The fraction of sp³-hybridized carbons (Fsp3) is 0.500. The van der Waals surface area contributed by atoms with E-state index in [0.717, 1.165) is 6.42 Å². The van der Waals surface area contributed by atoms with Gasteiger partial charge in [-0.3, -0.25) is 10.1 Å². The number of rotatable bonds is 3. The molecule has 1 saturated heterocycles. The first kappa shape index (κ1) is 13.3. The predicted molar refractivity (Wildman–Crippen MR) is 73.0 cm³/mol. The van der Waals surface area contributed by atoms with Gasteiger partial charge >= 0.3 is 0 Å². The van der Waals surface area contributed by atoms with E-state index in [4.69, 9.17) is 4.74 Å². The lowest BCUT2D eigenvalue weighted by Crippen LogP contribution is -2.37. The van der Waals surface area contributed by atoms with Crippen LogP contribution in [0.5, 0.6) is 0 Å². The van der Waals surface area contributed by atoms with Gasteiger partial charge in [0, 0.05) is 24.2 Å². The second kappa shape index (κ2) is 5.24. The Bertz CT molecular complexity index is 467. The van der Waals surface area contributed by atoms with E-state index in [1.807, 2.05) is 24.9 Å². The highest BCUT2D eigenvalue weighted by molar-refractivity contribution is 9.10. The average molecular weight is 315 g/mol. The SMILES string of the molecule is CC1OCCC1N(C)c1ccc(Br)cc1[N+](=O)[O-]. The zero-order chi connectivity index (χ0) is 13.3. The topological polar surface area (TPSA) is 55.6 Å². The predicted octanol–water partition coefficient (Wildman–Crippen LogP) is 2.97. The Balaban J connectivity index is 2.35. The van der Waals surface area contributed by atoms with E-state index < -0.39 is 0 Å². The van der Waals surface area contributed by atoms with Crippen molar-refractivity contribution in [3.63, 3.8) is 0 Å². The van der Waals surface area contributed by atoms with E-state index in [0.29, 0.717) is 16.8 Å². The van der Waals surface area contributed by atoms with Crippen LogP contribution in [0.3, 0.4) is 0 Å². The van der Waals surface area contributed by atoms with Crippen LogP contribution in [-0.4, -0.2) is 30.7 Å². The van der Waals surface area contributed by atoms with Gasteiger partial charge in [0.2, 0.25) is 0 Å². The van der Waals surface area contributed by atoms with E-state index in [1.54, 1.807) is 6.07 Å². The summed E-state index contributed by atoms with van der Waals surface area (Å²) >= 11 is 3.26. The lowest BCUT2D eigenvalue weighted by atomic mass is 10.1. The van der Waals surface area contributed by atoms with Gasteiger partial charge in [0.05, 0.1) is 17.1 Å². The van der Waals surface area contributed by atoms with Crippen LogP contribution in [0.4, 0.5) is 11.4 Å². The summed E-state index contributed by atoms with van der Waals surface area (Å²) in [6.07, 6.45) is 0.989. The number of ether oxygens (including phenoxy) is 1. The quantitative estimate of drug-likeness (QED) is 0.635. The van der Waals surface area contributed by atoms with Crippen LogP contribution in [0.25, 0.3) is 0 Å². The Morgan fingerprint density at radius 2 is 2.28 bits per heavy atom. The number of nitro benzene ring substituents is 1. The molecule has 98 valence electrons. The van der Waals surface area contributed by atoms with E-state index >= 15 is 0 Å². The number of hydrogen-bond acceptors (Lipinski definition) is 4. The number of nitrogens with zero attached hydrogens (tertiary/aromatic N) is 2. The van der Waals surface area contributed by atoms with Crippen molar-refractivity contribution >= 4 is 27.3 Å². The van der Waals surface area contributed by atoms with Gasteiger partial charge in [0.25, 0.3) is 5.69 Å². The normalized spacial score (nSPS) is 23.1. The van der Waals surface area contributed by atoms with Gasteiger partial charge in [-0.2, -0.15) is 0 Å². The summed E-state index contributed by atoms with van der Waals surface area (Å²) in [6.45, 7) is 2.71. The largest absolute Gasteiger partial charge is 0.376 e. The first-order valence-corrected chi connectivity index (χ1v) is 6.58. The standard InChI is InChI=1S/C12H15BrN2O3/c1-8-10(5-6-18-8)14(2)11-4-3-9(13)7-12(11)15(16)17/h3-4,7-8,10H,5-6H2,1-2H3. The van der Waals surface area contributed by atoms with Crippen molar-refractivity contribution < 1.29 is 9.66 Å². The van der Waals surface area contributed by atoms with Crippen molar-refractivity contribution in [1.82, 2.24) is 0 Å². The van der Waals surface area contributed by atoms with Crippen LogP contribution in [0.2, 0.25) is 0 Å². The molecule has 0 amide bonds. The third-order valence-corrected chi connectivity index (χ3v) is 3.84. The zero-order valence-corrected chi connectivity index (χ0v) is 11.9. The van der Waals surface area contributed by atoms with Gasteiger partial charge in [-0.05, 0) is 25.5 Å². The molecule has 1 fully saturated rings. The van der Waals surface area contributed by atoms with Crippen LogP contribution < -0.4 is 4.90 Å². The van der Waals surface area contributed by atoms with E-state index in [2.05, 4.69) is 15.9 Å². The van der Waals surface area contributed by atoms with Gasteiger partial charge < -0.3 is 9.64 Å². The molecule has 2 unspecified atom stereocenters. The first-order valence-electron chi connectivity index (χ1n) is 5.79. The lowest BCUT2D eigenvalue weighted by molar-refractivity contribution is -0.384. The third-order valence-electron chi connectivity index (χ3n) is 3.35. The second-order valence-electron chi connectivity index (χ2n) is 4.43. The van der Waals surface area contributed by atoms with E-state index in [1.165, 1.54) is 6.07 Å². The third kappa shape index (κ3) is 2.49. The van der Waals surface area contributed by atoms with Crippen LogP contribution in [0.1, 0.15) is 13.3 Å². The molecule has 18 heavy (non-hydrogen) atoms. The molecule has 2 atom stereocenters. The van der Waals surface area contributed by atoms with Crippen molar-refractivity contribution in [3.05, 3.63) is 32.8 Å². The summed E-state index contributed by atoms with van der Waals surface area (Å²) in [5, 5.41) is 11.1. The molecule has 0 aliphatic carbocycles. The number of nitro groups is 1. The Morgan fingerprint density at radius 1 is 1.56 bits per heavy atom. The molecule has 1 aromatic rings. The zero-order valence-electron chi connectivity index (χ0n) is 10.3. The maximum absolute atomic E-state index is 11.1. The molecule has 1 aromatic carbocycles. The molecule has 2 rings (SSSR count). The molecule has 6 heteroatoms. The minimum Gasteiger partial charge on any atom is -0.376 e. The highest BCUT2D eigenvalue weighted by Gasteiger charge is 2.31. The Labute approximate surface area is 114 Å². The number of halogens is 1. The molecule has 5 nitrogen and oxygen atoms in total. The molecule has 0 bridgehead atoms. The Morgan fingerprint density at radius 3 is 2.83 bits per heavy atom. The van der Waals surface area contributed by atoms with Crippen molar-refractivity contribution in [2.45, 2.75) is 25.5 Å². The van der Waals surface area contributed by atoms with Crippen LogP contribution >= 0.6 is 15.9 Å². The van der Waals surface area contributed by atoms with Gasteiger partial charge in [0.1, 0.15) is 5.69 Å². The van der Waals surface area contributed by atoms with E-state index in [-0.39, 0.29) is 22.8 Å². The summed E-state index contributed by atoms with van der Waals surface area (Å²) in [7, 11) is 1.88. The molecule has 0 spiro atoms. The number of anilines is 1. The van der Waals surface area contributed by atoms with Crippen LogP contribution in [0.15, 0.2) is 22.7 Å². The molecule has 0 aromatic heterocycles. The molecule has 1 aliphatic heterocycles. The van der Waals surface area contributed by atoms with Gasteiger partial charge in [-0.25, -0.2) is 0 Å². The summed E-state index contributed by atoms with van der Waals surface area (Å²) in [6, 6.07) is 5.31. The molecule has 1 heterocycles. The molecule has 0 saturated carbocycles. The monoisotopic (exact) mass is 314 g/mol. The molecule has 1 aliphatic rings. The van der Waals surface area contributed by atoms with Gasteiger partial charge in [-0.15, -0.1) is 0 Å². The Kier molecular flexibility index (Phi) is 3.87. The Hall–Kier alpha value is -1.14. The molecule has 0 N–H and O–H groups in total. The van der Waals surface area contributed by atoms with Crippen molar-refractivity contribution in [2.24, 2.45) is 0 Å². The average Bonchev–Trinajstić information content (AvgIpc) is 2.74. The van der Waals surface area contributed by atoms with E-state index in [9.17, 15) is 10.1 Å². The fourth-order valence-electron chi connectivity index (χ4n) is 2.35. The smallest absolute Gasteiger partial charge is 0.293 e. The minimum atomic E-state index is -0.350. The number of benzene rings is 1. The maximum atomic E-state index is 11.1. The number of likely N-dealkylation sites (N-methyl/N-ethyl adjacent to an activating group) is 1. The second-order valence-corrected chi connectivity index (χ2v) is 5.35. The number of hydrogen-bond donors (Lipinski definition) is 0. The van der Waals surface area contributed by atoms with Crippen LogP contribution in [0, 0.1) is 10.1 Å². The first-order chi connectivity index (χ1) is 8.50. The highest BCUT2D eigenvalue weighted by atomic mass is 79.9. The highest BCUT2D eigenvalue weighted by Crippen LogP contribution is 2.33. The fourth-order valence-corrected chi connectivity index (χ4v) is 2.70. The summed E-state index contributed by atoms with van der Waals surface area (Å²) < 4.78 is 6.22. The summed E-state index contributed by atoms with van der Waals surface area (Å²) in [4.78, 5) is 12.7. The molecular weight excluding hydrogens is 300 g/mol. The maximum Gasteiger partial charge on any atom is 0.293 e. The van der Waals surface area contributed by atoms with Crippen molar-refractivity contribution in [2.75, 3.05) is 18.6 Å². The lowest BCUT2D eigenvalue weighted by Gasteiger charge is -2.28. The molecule has 0 radical (unpaired) electrons. The van der Waals surface area contributed by atoms with Crippen molar-refractivity contribution in [3.8, 4) is 0 Å². The van der Waals surface area contributed by atoms with Crippen molar-refractivity contribution in [1.29, 1.82) is 0 Å². The summed E-state index contributed by atoms with van der Waals surface area (Å²) in [5.74, 6) is 0. The van der Waals surface area contributed by atoms with Gasteiger partial charge in [0.15, 0.2) is 0 Å². The summed E-state index contributed by atoms with van der Waals surface area (Å²) in [5.41, 5.74) is 0.747.